The van der Waals surface area contributed by atoms with E-state index in [0.717, 1.165) is 22.4 Å². The predicted octanol–water partition coefficient (Wildman–Crippen LogP) is 6.19. The lowest BCUT2D eigenvalue weighted by Gasteiger charge is -2.59. The second-order valence-corrected chi connectivity index (χ2v) is 8.47. The van der Waals surface area contributed by atoms with Gasteiger partial charge in [0.1, 0.15) is 5.60 Å². The normalized spacial score (nSPS) is 25.2. The van der Waals surface area contributed by atoms with Crippen LogP contribution in [0.15, 0.2) is 126 Å². The maximum absolute atomic E-state index is 12.6. The zero-order valence-corrected chi connectivity index (χ0v) is 18.2. The molecule has 0 aliphatic heterocycles. The molecule has 2 nitrogen and oxygen atoms in total. The van der Waals surface area contributed by atoms with Gasteiger partial charge in [0.05, 0.1) is 0 Å². The van der Waals surface area contributed by atoms with Crippen molar-refractivity contribution < 1.29 is 5.11 Å². The average molecular weight is 418 g/mol. The molecule has 1 aliphatic rings. The number of aliphatic imine (C=N–C) groups is 1. The lowest BCUT2D eigenvalue weighted by Crippen LogP contribution is -2.60. The van der Waals surface area contributed by atoms with Crippen LogP contribution in [-0.2, 0) is 5.60 Å². The maximum atomic E-state index is 12.6. The molecule has 0 amide bonds. The van der Waals surface area contributed by atoms with E-state index in [4.69, 9.17) is 4.99 Å². The second kappa shape index (κ2) is 8.57. The molecule has 0 unspecified atom stereocenters. The summed E-state index contributed by atoms with van der Waals surface area (Å²) in [5.74, 6) is -0.161. The Balaban J connectivity index is 1.74. The van der Waals surface area contributed by atoms with Crippen LogP contribution < -0.4 is 0 Å². The van der Waals surface area contributed by atoms with E-state index in [2.05, 4.69) is 60.7 Å². The highest BCUT2D eigenvalue weighted by Crippen LogP contribution is 2.65. The minimum atomic E-state index is -1.08. The molecule has 1 fully saturated rings. The fourth-order valence-corrected chi connectivity index (χ4v) is 5.50. The van der Waals surface area contributed by atoms with Gasteiger partial charge in [0.15, 0.2) is 0 Å². The molecule has 4 aromatic rings. The third-order valence-corrected chi connectivity index (χ3v) is 6.85. The molecule has 0 spiro atoms. The Kier molecular flexibility index (Phi) is 5.46. The van der Waals surface area contributed by atoms with Crippen molar-refractivity contribution >= 4 is 5.71 Å². The summed E-state index contributed by atoms with van der Waals surface area (Å²) < 4.78 is 0. The summed E-state index contributed by atoms with van der Waals surface area (Å²) in [6.07, 6.45) is 0. The molecule has 5 rings (SSSR count). The van der Waals surface area contributed by atoms with Crippen molar-refractivity contribution in [1.29, 1.82) is 0 Å². The van der Waals surface area contributed by atoms with E-state index in [-0.39, 0.29) is 17.8 Å². The summed E-state index contributed by atoms with van der Waals surface area (Å²) in [4.78, 5) is 4.76. The zero-order chi connectivity index (χ0) is 22.0. The Hall–Kier alpha value is -3.49. The number of hydrogen-bond acceptors (Lipinski definition) is 2. The van der Waals surface area contributed by atoms with E-state index in [0.29, 0.717) is 0 Å². The van der Waals surface area contributed by atoms with E-state index < -0.39 is 5.60 Å². The number of benzene rings is 4. The van der Waals surface area contributed by atoms with Crippen molar-refractivity contribution in [2.75, 3.05) is 7.05 Å². The van der Waals surface area contributed by atoms with Gasteiger partial charge in [0.25, 0.3) is 0 Å². The number of rotatable bonds is 5. The van der Waals surface area contributed by atoms with Crippen LogP contribution in [0.4, 0.5) is 0 Å². The molecule has 0 aromatic heterocycles. The summed E-state index contributed by atoms with van der Waals surface area (Å²) in [5.41, 5.74) is 4.23. The van der Waals surface area contributed by atoms with Crippen LogP contribution in [0.1, 0.15) is 34.1 Å². The topological polar surface area (TPSA) is 32.6 Å². The van der Waals surface area contributed by atoms with Gasteiger partial charge >= 0.3 is 0 Å². The Bertz CT molecular complexity index is 1190. The summed E-state index contributed by atoms with van der Waals surface area (Å²) in [7, 11) is 1.84. The zero-order valence-electron chi connectivity index (χ0n) is 18.2. The first-order valence-electron chi connectivity index (χ1n) is 11.1. The van der Waals surface area contributed by atoms with Gasteiger partial charge in [-0.05, 0) is 22.3 Å². The third-order valence-electron chi connectivity index (χ3n) is 6.85. The Morgan fingerprint density at radius 2 is 1.12 bits per heavy atom. The van der Waals surface area contributed by atoms with Gasteiger partial charge in [-0.25, -0.2) is 0 Å². The second-order valence-electron chi connectivity index (χ2n) is 8.47. The molecule has 2 heteroatoms. The van der Waals surface area contributed by atoms with Gasteiger partial charge in [-0.3, -0.25) is 4.99 Å². The fourth-order valence-electron chi connectivity index (χ4n) is 5.50. The highest BCUT2D eigenvalue weighted by Gasteiger charge is 2.64. The van der Waals surface area contributed by atoms with Crippen LogP contribution in [0.25, 0.3) is 0 Å². The Morgan fingerprint density at radius 3 is 1.66 bits per heavy atom. The molecule has 1 saturated carbocycles. The van der Waals surface area contributed by atoms with Crippen LogP contribution in [0.5, 0.6) is 0 Å². The molecule has 0 radical (unpaired) electrons. The van der Waals surface area contributed by atoms with Gasteiger partial charge in [-0.2, -0.15) is 0 Å². The highest BCUT2D eigenvalue weighted by atomic mass is 16.3. The first-order valence-corrected chi connectivity index (χ1v) is 11.1. The van der Waals surface area contributed by atoms with Crippen LogP contribution in [0.2, 0.25) is 0 Å². The largest absolute Gasteiger partial charge is 0.384 e. The van der Waals surface area contributed by atoms with Crippen LogP contribution >= 0.6 is 0 Å². The van der Waals surface area contributed by atoms with Crippen molar-refractivity contribution in [3.05, 3.63) is 144 Å². The lowest BCUT2D eigenvalue weighted by molar-refractivity contribution is -0.114. The molecular weight excluding hydrogens is 390 g/mol. The number of hydrogen-bond donors (Lipinski definition) is 1. The minimum absolute atomic E-state index is 0.0843. The maximum Gasteiger partial charge on any atom is 0.106 e. The molecular formula is C30H27NO. The Labute approximate surface area is 189 Å². The van der Waals surface area contributed by atoms with E-state index in [9.17, 15) is 5.11 Å². The summed E-state index contributed by atoms with van der Waals surface area (Å²) >= 11 is 0. The van der Waals surface area contributed by atoms with Crippen LogP contribution in [0, 0.1) is 5.92 Å². The van der Waals surface area contributed by atoms with Gasteiger partial charge < -0.3 is 5.11 Å². The predicted molar refractivity (Wildman–Crippen MR) is 131 cm³/mol. The van der Waals surface area contributed by atoms with Gasteiger partial charge in [-0.15, -0.1) is 0 Å². The summed E-state index contributed by atoms with van der Waals surface area (Å²) in [6.45, 7) is 0. The first kappa shape index (κ1) is 20.4. The van der Waals surface area contributed by atoms with Gasteiger partial charge in [0, 0.05) is 30.5 Å². The van der Waals surface area contributed by atoms with Crippen molar-refractivity contribution in [2.24, 2.45) is 10.9 Å². The third kappa shape index (κ3) is 3.28. The molecule has 0 heterocycles. The van der Waals surface area contributed by atoms with Crippen LogP contribution in [0.3, 0.4) is 0 Å². The molecule has 4 aromatic carbocycles. The molecule has 0 saturated heterocycles. The summed E-state index contributed by atoms with van der Waals surface area (Å²) in [5, 5.41) is 12.6. The molecule has 1 aliphatic carbocycles. The van der Waals surface area contributed by atoms with Crippen molar-refractivity contribution in [2.45, 2.75) is 17.4 Å². The van der Waals surface area contributed by atoms with E-state index in [1.165, 1.54) is 5.56 Å². The van der Waals surface area contributed by atoms with Gasteiger partial charge in [0.2, 0.25) is 0 Å². The number of nitrogens with zero attached hydrogens (tertiary/aromatic N) is 1. The lowest BCUT2D eigenvalue weighted by atomic mass is 9.46. The Morgan fingerprint density at radius 1 is 0.656 bits per heavy atom. The van der Waals surface area contributed by atoms with Gasteiger partial charge in [-0.1, -0.05) is 121 Å². The van der Waals surface area contributed by atoms with Crippen LogP contribution in [-0.4, -0.2) is 17.9 Å². The fraction of sp³-hybridized carbons (Fsp3) is 0.167. The smallest absolute Gasteiger partial charge is 0.106 e. The molecule has 158 valence electrons. The van der Waals surface area contributed by atoms with E-state index in [1.807, 2.05) is 67.7 Å². The molecule has 4 atom stereocenters. The van der Waals surface area contributed by atoms with Crippen molar-refractivity contribution in [1.82, 2.24) is 0 Å². The monoisotopic (exact) mass is 417 g/mol. The highest BCUT2D eigenvalue weighted by molar-refractivity contribution is 6.04. The quantitative estimate of drug-likeness (QED) is 0.386. The van der Waals surface area contributed by atoms with Crippen molar-refractivity contribution in [3.63, 3.8) is 0 Å². The van der Waals surface area contributed by atoms with E-state index >= 15 is 0 Å². The number of aliphatic hydroxyl groups is 1. The van der Waals surface area contributed by atoms with E-state index in [1.54, 1.807) is 0 Å². The minimum Gasteiger partial charge on any atom is -0.384 e. The SMILES string of the molecule is CN=C(c1ccccc1)[C@@H]1[C@H](c2ccccc2)[C@@H](c2ccccc2)[C@@]1(O)c1ccccc1. The first-order chi connectivity index (χ1) is 15.7. The average Bonchev–Trinajstić information content (AvgIpc) is 2.87. The standard InChI is InChI=1S/C30H27NO/c1-31-29(24-18-10-4-11-19-24)28-26(22-14-6-2-7-15-22)27(23-16-8-3-9-17-23)30(28,32)25-20-12-5-13-21-25/h2-21,26-28,32H,1H3/t26-,27-,28+,30+/m1/s1. The van der Waals surface area contributed by atoms with Crippen molar-refractivity contribution in [3.8, 4) is 0 Å². The summed E-state index contributed by atoms with van der Waals surface area (Å²) in [6, 6.07) is 41.3. The molecule has 32 heavy (non-hydrogen) atoms. The molecule has 0 bridgehead atoms. The molecule has 1 N–H and O–H groups in total.